The van der Waals surface area contributed by atoms with E-state index in [1.54, 1.807) is 0 Å². The smallest absolute Gasteiger partial charge is 0.397 e. The van der Waals surface area contributed by atoms with Gasteiger partial charge in [-0.15, -0.1) is 0 Å². The Labute approximate surface area is 90.0 Å². The lowest BCUT2D eigenvalue weighted by Gasteiger charge is -2.41. The van der Waals surface area contributed by atoms with Crippen LogP contribution in [-0.4, -0.2) is 41.1 Å². The monoisotopic (exact) mass is 239 g/mol. The minimum atomic E-state index is -4.50. The Bertz CT molecular complexity index is 297. The number of hydrogen-bond acceptors (Lipinski definition) is 2. The summed E-state index contributed by atoms with van der Waals surface area (Å²) < 4.78 is 35.6. The van der Waals surface area contributed by atoms with Gasteiger partial charge in [0.25, 0.3) is 0 Å². The lowest BCUT2D eigenvalue weighted by Crippen LogP contribution is -2.54. The zero-order valence-corrected chi connectivity index (χ0v) is 8.62. The first-order valence-corrected chi connectivity index (χ1v) is 4.78. The normalized spacial score (nSPS) is 19.1. The number of rotatable bonds is 3. The van der Waals surface area contributed by atoms with Gasteiger partial charge in [0.15, 0.2) is 0 Å². The SMILES string of the molecule is CC(C(=O)O)C1CN(C(=O)CC(F)(F)F)C1. The van der Waals surface area contributed by atoms with Gasteiger partial charge in [-0.3, -0.25) is 9.59 Å². The Balaban J connectivity index is 2.36. The maximum absolute atomic E-state index is 11.9. The molecule has 0 aromatic rings. The molecule has 1 amide bonds. The van der Waals surface area contributed by atoms with Gasteiger partial charge in [-0.1, -0.05) is 6.92 Å². The van der Waals surface area contributed by atoms with Crippen molar-refractivity contribution < 1.29 is 27.9 Å². The summed E-state index contributed by atoms with van der Waals surface area (Å²) in [6.07, 6.45) is -5.97. The summed E-state index contributed by atoms with van der Waals surface area (Å²) >= 11 is 0. The molecule has 1 aliphatic heterocycles. The van der Waals surface area contributed by atoms with Gasteiger partial charge in [0.05, 0.1) is 5.92 Å². The third-order valence-corrected chi connectivity index (χ3v) is 2.71. The quantitative estimate of drug-likeness (QED) is 0.802. The number of nitrogens with zero attached hydrogens (tertiary/aromatic N) is 1. The Morgan fingerprint density at radius 1 is 1.44 bits per heavy atom. The fourth-order valence-corrected chi connectivity index (χ4v) is 1.52. The van der Waals surface area contributed by atoms with Crippen LogP contribution in [0.4, 0.5) is 13.2 Å². The average Bonchev–Trinajstić information content (AvgIpc) is 1.96. The highest BCUT2D eigenvalue weighted by atomic mass is 19.4. The fraction of sp³-hybridized carbons (Fsp3) is 0.778. The van der Waals surface area contributed by atoms with Crippen molar-refractivity contribution in [3.8, 4) is 0 Å². The van der Waals surface area contributed by atoms with Crippen molar-refractivity contribution in [1.29, 1.82) is 0 Å². The van der Waals surface area contributed by atoms with Gasteiger partial charge in [0.1, 0.15) is 6.42 Å². The molecule has 0 aromatic heterocycles. The van der Waals surface area contributed by atoms with Crippen LogP contribution < -0.4 is 0 Å². The van der Waals surface area contributed by atoms with Gasteiger partial charge in [0.2, 0.25) is 5.91 Å². The Hall–Kier alpha value is -1.27. The van der Waals surface area contributed by atoms with E-state index in [9.17, 15) is 22.8 Å². The molecule has 1 unspecified atom stereocenters. The summed E-state index contributed by atoms with van der Waals surface area (Å²) in [6, 6.07) is 0. The lowest BCUT2D eigenvalue weighted by molar-refractivity contribution is -0.168. The maximum atomic E-state index is 11.9. The summed E-state index contributed by atoms with van der Waals surface area (Å²) in [7, 11) is 0. The van der Waals surface area contributed by atoms with Gasteiger partial charge in [-0.2, -0.15) is 13.2 Å². The summed E-state index contributed by atoms with van der Waals surface area (Å²) in [4.78, 5) is 22.6. The van der Waals surface area contributed by atoms with E-state index < -0.39 is 30.4 Å². The van der Waals surface area contributed by atoms with Crippen LogP contribution >= 0.6 is 0 Å². The van der Waals surface area contributed by atoms with Crippen molar-refractivity contribution in [2.24, 2.45) is 11.8 Å². The molecule has 1 N–H and O–H groups in total. The number of amides is 1. The number of alkyl halides is 3. The summed E-state index contributed by atoms with van der Waals surface area (Å²) in [5, 5.41) is 8.65. The largest absolute Gasteiger partial charge is 0.481 e. The minimum absolute atomic E-state index is 0.0996. The van der Waals surface area contributed by atoms with Crippen LogP contribution in [0.5, 0.6) is 0 Å². The van der Waals surface area contributed by atoms with E-state index in [0.717, 1.165) is 4.90 Å². The first-order valence-electron chi connectivity index (χ1n) is 4.78. The van der Waals surface area contributed by atoms with E-state index >= 15 is 0 Å². The molecule has 1 atom stereocenters. The molecule has 1 fully saturated rings. The van der Waals surface area contributed by atoms with Crippen molar-refractivity contribution in [2.75, 3.05) is 13.1 Å². The molecule has 0 saturated carbocycles. The number of halogens is 3. The van der Waals surface area contributed by atoms with Gasteiger partial charge in [-0.05, 0) is 0 Å². The molecule has 0 aliphatic carbocycles. The molecule has 0 radical (unpaired) electrons. The number of aliphatic carboxylic acids is 1. The van der Waals surface area contributed by atoms with Crippen LogP contribution in [-0.2, 0) is 9.59 Å². The number of carboxylic acid groups (broad SMARTS) is 1. The third kappa shape index (κ3) is 3.11. The zero-order valence-electron chi connectivity index (χ0n) is 8.62. The lowest BCUT2D eigenvalue weighted by atomic mass is 9.87. The van der Waals surface area contributed by atoms with Gasteiger partial charge in [0, 0.05) is 19.0 Å². The molecular weight excluding hydrogens is 227 g/mol. The average molecular weight is 239 g/mol. The van der Waals surface area contributed by atoms with Gasteiger partial charge in [-0.25, -0.2) is 0 Å². The van der Waals surface area contributed by atoms with E-state index in [1.807, 2.05) is 0 Å². The molecule has 7 heteroatoms. The van der Waals surface area contributed by atoms with Crippen molar-refractivity contribution in [1.82, 2.24) is 4.90 Å². The second-order valence-corrected chi connectivity index (χ2v) is 3.98. The van der Waals surface area contributed by atoms with E-state index in [1.165, 1.54) is 6.92 Å². The van der Waals surface area contributed by atoms with Crippen LogP contribution in [0.2, 0.25) is 0 Å². The molecule has 0 bridgehead atoms. The Kier molecular flexibility index (Phi) is 3.44. The van der Waals surface area contributed by atoms with E-state index in [2.05, 4.69) is 0 Å². The molecule has 4 nitrogen and oxygen atoms in total. The second-order valence-electron chi connectivity index (χ2n) is 3.98. The molecule has 0 spiro atoms. The Morgan fingerprint density at radius 2 is 1.94 bits per heavy atom. The molecule has 16 heavy (non-hydrogen) atoms. The summed E-state index contributed by atoms with van der Waals surface area (Å²) in [5.41, 5.74) is 0. The van der Waals surface area contributed by atoms with Gasteiger partial charge < -0.3 is 10.0 Å². The predicted molar refractivity (Wildman–Crippen MR) is 47.5 cm³/mol. The number of carbonyl (C=O) groups excluding carboxylic acids is 1. The second kappa shape index (κ2) is 4.31. The van der Waals surface area contributed by atoms with Crippen LogP contribution in [0, 0.1) is 11.8 Å². The number of carboxylic acids is 1. The first-order chi connectivity index (χ1) is 7.20. The van der Waals surface area contributed by atoms with E-state index in [4.69, 9.17) is 5.11 Å². The molecule has 1 heterocycles. The maximum Gasteiger partial charge on any atom is 0.397 e. The summed E-state index contributed by atoms with van der Waals surface area (Å²) in [6.45, 7) is 1.68. The minimum Gasteiger partial charge on any atom is -0.481 e. The predicted octanol–water partition coefficient (Wildman–Crippen LogP) is 1.12. The highest BCUT2D eigenvalue weighted by Gasteiger charge is 2.40. The van der Waals surface area contributed by atoms with E-state index in [0.29, 0.717) is 0 Å². The summed E-state index contributed by atoms with van der Waals surface area (Å²) in [5.74, 6) is -2.85. The van der Waals surface area contributed by atoms with Crippen LogP contribution in [0.3, 0.4) is 0 Å². The fourth-order valence-electron chi connectivity index (χ4n) is 1.52. The number of carbonyl (C=O) groups is 2. The topological polar surface area (TPSA) is 57.6 Å². The standard InChI is InChI=1S/C9H12F3NO3/c1-5(8(15)16)6-3-13(4-6)7(14)2-9(10,11)12/h5-6H,2-4H2,1H3,(H,15,16). The third-order valence-electron chi connectivity index (χ3n) is 2.71. The van der Waals surface area contributed by atoms with Crippen molar-refractivity contribution >= 4 is 11.9 Å². The van der Waals surface area contributed by atoms with Crippen LogP contribution in [0.25, 0.3) is 0 Å². The van der Waals surface area contributed by atoms with Crippen LogP contribution in [0.15, 0.2) is 0 Å². The zero-order chi connectivity index (χ0) is 12.5. The van der Waals surface area contributed by atoms with Crippen molar-refractivity contribution in [3.05, 3.63) is 0 Å². The molecule has 1 aliphatic rings. The van der Waals surface area contributed by atoms with Crippen molar-refractivity contribution in [3.63, 3.8) is 0 Å². The molecule has 1 rings (SSSR count). The first kappa shape index (κ1) is 12.8. The van der Waals surface area contributed by atoms with Crippen molar-refractivity contribution in [2.45, 2.75) is 19.5 Å². The highest BCUT2D eigenvalue weighted by molar-refractivity contribution is 5.78. The Morgan fingerprint density at radius 3 is 2.31 bits per heavy atom. The van der Waals surface area contributed by atoms with Crippen LogP contribution in [0.1, 0.15) is 13.3 Å². The molecule has 92 valence electrons. The number of likely N-dealkylation sites (tertiary alicyclic amines) is 1. The number of hydrogen-bond donors (Lipinski definition) is 1. The molecule has 0 aromatic carbocycles. The van der Waals surface area contributed by atoms with E-state index in [-0.39, 0.29) is 19.0 Å². The molecular formula is C9H12F3NO3. The van der Waals surface area contributed by atoms with Gasteiger partial charge >= 0.3 is 12.1 Å². The molecule has 1 saturated heterocycles. The highest BCUT2D eigenvalue weighted by Crippen LogP contribution is 2.27.